The Kier molecular flexibility index (Phi) is 106. The maximum absolute atomic E-state index is 7.50. The molecule has 3 nitrogen and oxygen atoms in total. The second-order valence-corrected chi connectivity index (χ2v) is 1.28. The number of hydrogen-bond acceptors (Lipinski definition) is 0. The van der Waals surface area contributed by atoms with Crippen LogP contribution in [0, 0.1) is 52.1 Å². The molecular formula is C9H7CrLiO3+. The van der Waals surface area contributed by atoms with E-state index in [0.29, 0.717) is 0 Å². The molecular weight excluding hydrogens is 215 g/mol. The van der Waals surface area contributed by atoms with Crippen molar-refractivity contribution in [3.63, 3.8) is 0 Å². The molecule has 14 heavy (non-hydrogen) atoms. The Labute approximate surface area is 108 Å². The van der Waals surface area contributed by atoms with Crippen LogP contribution in [0.3, 0.4) is 0 Å². The molecule has 1 rings (SSSR count). The van der Waals surface area contributed by atoms with Gasteiger partial charge >= 0.3 is 52.8 Å². The average molecular weight is 222 g/mol. The van der Waals surface area contributed by atoms with Gasteiger partial charge in [-0.1, -0.05) is 0 Å². The summed E-state index contributed by atoms with van der Waals surface area (Å²) >= 11 is 0. The number of hydrogen-bond donors (Lipinski definition) is 0. The molecule has 0 aromatic rings. The average Bonchev–Trinajstić information content (AvgIpc) is 2.29. The van der Waals surface area contributed by atoms with Crippen molar-refractivity contribution in [2.75, 3.05) is 0 Å². The minimum absolute atomic E-state index is 0. The zero-order valence-corrected chi connectivity index (χ0v) is 9.00. The molecule has 0 heterocycles. The van der Waals surface area contributed by atoms with E-state index in [2.05, 4.69) is 45.6 Å². The van der Waals surface area contributed by atoms with Crippen molar-refractivity contribution in [2.45, 2.75) is 6.42 Å². The van der Waals surface area contributed by atoms with Crippen LogP contribution in [0.4, 0.5) is 0 Å². The third-order valence-corrected chi connectivity index (χ3v) is 0.767. The van der Waals surface area contributed by atoms with Crippen molar-refractivity contribution in [2.24, 2.45) is 0 Å². The van der Waals surface area contributed by atoms with Crippen LogP contribution in [0.1, 0.15) is 6.42 Å². The van der Waals surface area contributed by atoms with Crippen LogP contribution < -0.4 is 18.9 Å². The van der Waals surface area contributed by atoms with Crippen LogP contribution in [-0.2, 0) is 31.3 Å². The molecule has 0 atom stereocenters. The van der Waals surface area contributed by atoms with Gasteiger partial charge in [0.2, 0.25) is 0 Å². The Morgan fingerprint density at radius 3 is 1.07 bits per heavy atom. The van der Waals surface area contributed by atoms with Gasteiger partial charge in [0.15, 0.2) is 0 Å². The van der Waals surface area contributed by atoms with Gasteiger partial charge in [-0.3, -0.25) is 0 Å². The quantitative estimate of drug-likeness (QED) is 0.266. The summed E-state index contributed by atoms with van der Waals surface area (Å²) in [5, 5.41) is 0. The topological polar surface area (TPSA) is 59.7 Å². The van der Waals surface area contributed by atoms with Gasteiger partial charge in [0.25, 0.3) is 0 Å². The molecule has 67 valence electrons. The zero-order chi connectivity index (χ0) is 10.2. The molecule has 0 aromatic carbocycles. The smallest absolute Gasteiger partial charge is 0.0465 e. The zero-order valence-electron chi connectivity index (χ0n) is 7.73. The van der Waals surface area contributed by atoms with Gasteiger partial charge in [-0.2, -0.15) is 0 Å². The first-order valence-electron chi connectivity index (χ1n) is 2.76. The van der Waals surface area contributed by atoms with E-state index in [9.17, 15) is 0 Å². The summed E-state index contributed by atoms with van der Waals surface area (Å²) in [6.07, 6.45) is 11.5. The van der Waals surface area contributed by atoms with E-state index in [1.165, 1.54) is 0 Å². The Bertz CT molecular complexity index is 93.2. The summed E-state index contributed by atoms with van der Waals surface area (Å²) in [5.74, 6) is 0. The fourth-order valence-corrected chi connectivity index (χ4v) is 0.457. The van der Waals surface area contributed by atoms with Gasteiger partial charge in [0.05, 0.1) is 0 Å². The van der Waals surface area contributed by atoms with Crippen molar-refractivity contribution < 1.29 is 50.2 Å². The normalized spacial score (nSPS) is 10.7. The van der Waals surface area contributed by atoms with Crippen LogP contribution in [0.5, 0.6) is 0 Å². The maximum Gasteiger partial charge on any atom is 1.00 e. The molecule has 1 aliphatic carbocycles. The Balaban J connectivity index is -0.0000000300. The maximum atomic E-state index is 7.50. The molecule has 0 amide bonds. The molecule has 1 fully saturated rings. The molecule has 0 spiro atoms. The van der Waals surface area contributed by atoms with Gasteiger partial charge in [-0.15, -0.1) is 0 Å². The van der Waals surface area contributed by atoms with E-state index in [1.54, 1.807) is 0 Å². The first-order valence-corrected chi connectivity index (χ1v) is 2.76. The fourth-order valence-electron chi connectivity index (χ4n) is 0.457. The fraction of sp³-hybridized carbons (Fsp3) is 0.111. The van der Waals surface area contributed by atoms with Crippen molar-refractivity contribution in [3.8, 4) is 0 Å². The van der Waals surface area contributed by atoms with E-state index in [4.69, 9.17) is 14.0 Å². The molecule has 0 saturated heterocycles. The standard InChI is InChI=1S/C6H7.3CO.Cr.Li/c1-2-4-6-5-3-1;3*1-2;;/h1-5H,6H2;;;;;/q;;;;;+1. The molecule has 0 aromatic heterocycles. The Morgan fingerprint density at radius 1 is 0.714 bits per heavy atom. The van der Waals surface area contributed by atoms with Crippen LogP contribution in [0.15, 0.2) is 0 Å². The van der Waals surface area contributed by atoms with Gasteiger partial charge in [0, 0.05) is 17.4 Å². The van der Waals surface area contributed by atoms with E-state index < -0.39 is 0 Å². The van der Waals surface area contributed by atoms with E-state index >= 15 is 0 Å². The van der Waals surface area contributed by atoms with Gasteiger partial charge < -0.3 is 0 Å². The summed E-state index contributed by atoms with van der Waals surface area (Å²) in [5.41, 5.74) is 0. The summed E-state index contributed by atoms with van der Waals surface area (Å²) in [6, 6.07) is 0. The first kappa shape index (κ1) is 29.3. The Hall–Kier alpha value is 0.350. The number of rotatable bonds is 0. The first-order chi connectivity index (χ1) is 6.00. The third-order valence-electron chi connectivity index (χ3n) is 0.767. The molecule has 1 aliphatic rings. The summed E-state index contributed by atoms with van der Waals surface area (Å²) in [7, 11) is 0. The Morgan fingerprint density at radius 2 is 1.00 bits per heavy atom. The molecule has 0 aliphatic heterocycles. The van der Waals surface area contributed by atoms with E-state index in [1.807, 2.05) is 6.42 Å². The minimum Gasteiger partial charge on any atom is -0.0465 e. The summed E-state index contributed by atoms with van der Waals surface area (Å²) in [4.78, 5) is 0. The van der Waals surface area contributed by atoms with Crippen LogP contribution in [0.25, 0.3) is 0 Å². The molecule has 0 bridgehead atoms. The molecule has 5 heteroatoms. The largest absolute Gasteiger partial charge is 1.00 e. The van der Waals surface area contributed by atoms with E-state index in [0.717, 1.165) is 6.42 Å². The van der Waals surface area contributed by atoms with Crippen molar-refractivity contribution in [1.29, 1.82) is 0 Å². The second-order valence-electron chi connectivity index (χ2n) is 1.28. The van der Waals surface area contributed by atoms with Crippen LogP contribution in [0.2, 0.25) is 0 Å². The minimum atomic E-state index is 0. The molecule has 1 saturated carbocycles. The third kappa shape index (κ3) is 39.5. The SMILES string of the molecule is [C-]#[O+].[C-]#[O+].[C-]#[O+].[CH]1[CH][CH]C[CH][CH]1.[Cr].[Li+]. The predicted molar refractivity (Wildman–Crippen MR) is 37.9 cm³/mol. The van der Waals surface area contributed by atoms with Gasteiger partial charge in [-0.05, 0) is 38.5 Å². The van der Waals surface area contributed by atoms with Gasteiger partial charge in [-0.25, -0.2) is 0 Å². The van der Waals surface area contributed by atoms with Crippen molar-refractivity contribution in [3.05, 3.63) is 52.1 Å². The summed E-state index contributed by atoms with van der Waals surface area (Å²) < 4.78 is 22.5. The second kappa shape index (κ2) is 50.5. The molecule has 0 N–H and O–H groups in total. The van der Waals surface area contributed by atoms with Crippen molar-refractivity contribution >= 4 is 0 Å². The summed E-state index contributed by atoms with van der Waals surface area (Å²) in [6.45, 7) is 13.5. The predicted octanol–water partition coefficient (Wildman–Crippen LogP) is -1.70. The van der Waals surface area contributed by atoms with Crippen LogP contribution >= 0.6 is 0 Å². The van der Waals surface area contributed by atoms with E-state index in [-0.39, 0.29) is 36.2 Å². The van der Waals surface area contributed by atoms with Crippen molar-refractivity contribution in [1.82, 2.24) is 0 Å². The monoisotopic (exact) mass is 222 g/mol. The molecule has 5 radical (unpaired) electrons. The molecule has 0 unspecified atom stereocenters. The van der Waals surface area contributed by atoms with Gasteiger partial charge in [0.1, 0.15) is 0 Å². The van der Waals surface area contributed by atoms with Crippen LogP contribution in [-0.4, -0.2) is 0 Å².